The second kappa shape index (κ2) is 5.80. The summed E-state index contributed by atoms with van der Waals surface area (Å²) in [7, 11) is 1.60. The van der Waals surface area contributed by atoms with Crippen molar-refractivity contribution in [1.29, 1.82) is 0 Å². The van der Waals surface area contributed by atoms with Gasteiger partial charge in [0.05, 0.1) is 0 Å². The summed E-state index contributed by atoms with van der Waals surface area (Å²) in [5, 5.41) is 5.40. The molecule has 0 radical (unpaired) electrons. The van der Waals surface area contributed by atoms with E-state index in [0.29, 0.717) is 0 Å². The van der Waals surface area contributed by atoms with Crippen LogP contribution in [0.15, 0.2) is 18.2 Å². The highest BCUT2D eigenvalue weighted by atomic mass is 16.2. The van der Waals surface area contributed by atoms with Crippen molar-refractivity contribution in [2.75, 3.05) is 12.4 Å². The van der Waals surface area contributed by atoms with E-state index in [1.807, 2.05) is 13.0 Å². The lowest BCUT2D eigenvalue weighted by molar-refractivity contribution is -0.135. The van der Waals surface area contributed by atoms with Gasteiger partial charge >= 0.3 is 6.03 Å². The van der Waals surface area contributed by atoms with Crippen LogP contribution < -0.4 is 16.4 Å². The molecule has 3 amide bonds. The molecule has 0 aliphatic heterocycles. The molecule has 0 saturated heterocycles. The third-order valence-electron chi connectivity index (χ3n) is 6.40. The largest absolute Gasteiger partial charge is 0.369 e. The Bertz CT molecular complexity index is 687. The first-order chi connectivity index (χ1) is 11.3. The normalized spacial score (nSPS) is 31.5. The van der Waals surface area contributed by atoms with Crippen molar-refractivity contribution in [2.45, 2.75) is 51.4 Å². The van der Waals surface area contributed by atoms with Crippen LogP contribution in [-0.2, 0) is 16.6 Å². The number of hydrogen-bond acceptors (Lipinski definition) is 2. The van der Waals surface area contributed by atoms with Crippen LogP contribution in [0.25, 0.3) is 0 Å². The Morgan fingerprint density at radius 2 is 2.00 bits per heavy atom. The van der Waals surface area contributed by atoms with E-state index in [2.05, 4.69) is 29.7 Å². The molecule has 2 aliphatic carbocycles. The minimum absolute atomic E-state index is 0.0266. The summed E-state index contributed by atoms with van der Waals surface area (Å²) in [5.41, 5.74) is 8.73. The second-order valence-electron chi connectivity index (χ2n) is 7.72. The molecule has 3 rings (SSSR count). The average Bonchev–Trinajstić information content (AvgIpc) is 2.54. The lowest BCUT2D eigenvalue weighted by Crippen LogP contribution is -2.54. The van der Waals surface area contributed by atoms with Gasteiger partial charge in [-0.3, -0.25) is 4.79 Å². The molecule has 5 heteroatoms. The van der Waals surface area contributed by atoms with Crippen molar-refractivity contribution in [3.8, 4) is 0 Å². The Labute approximate surface area is 143 Å². The van der Waals surface area contributed by atoms with Crippen molar-refractivity contribution < 1.29 is 9.59 Å². The van der Waals surface area contributed by atoms with Crippen molar-refractivity contribution in [2.24, 2.45) is 17.1 Å². The number of anilines is 1. The number of carbonyl (C=O) groups excluding carboxylic acids is 2. The number of nitrogens with two attached hydrogens (primary N) is 1. The Hall–Kier alpha value is -2.04. The third kappa shape index (κ3) is 2.46. The first kappa shape index (κ1) is 16.8. The smallest absolute Gasteiger partial charge is 0.318 e. The van der Waals surface area contributed by atoms with Crippen molar-refractivity contribution in [3.05, 3.63) is 29.3 Å². The van der Waals surface area contributed by atoms with Crippen molar-refractivity contribution >= 4 is 17.6 Å². The van der Waals surface area contributed by atoms with Crippen LogP contribution in [0.2, 0.25) is 0 Å². The fraction of sp³-hybridized carbons (Fsp3) is 0.579. The van der Waals surface area contributed by atoms with Gasteiger partial charge in [-0.25, -0.2) is 4.79 Å². The quantitative estimate of drug-likeness (QED) is 0.779. The molecule has 3 atom stereocenters. The van der Waals surface area contributed by atoms with E-state index in [-0.39, 0.29) is 23.3 Å². The topological polar surface area (TPSA) is 84.2 Å². The summed E-state index contributed by atoms with van der Waals surface area (Å²) in [6.07, 6.45) is 4.86. The predicted molar refractivity (Wildman–Crippen MR) is 94.8 cm³/mol. The molecule has 1 aromatic carbocycles. The van der Waals surface area contributed by atoms with Crippen molar-refractivity contribution in [3.63, 3.8) is 0 Å². The molecule has 0 bridgehead atoms. The summed E-state index contributed by atoms with van der Waals surface area (Å²) in [4.78, 5) is 23.7. The number of hydrogen-bond donors (Lipinski definition) is 3. The monoisotopic (exact) mass is 329 g/mol. The molecule has 0 heterocycles. The van der Waals surface area contributed by atoms with E-state index in [1.54, 1.807) is 7.05 Å². The Morgan fingerprint density at radius 1 is 1.25 bits per heavy atom. The second-order valence-corrected chi connectivity index (χ2v) is 7.72. The molecular weight excluding hydrogens is 302 g/mol. The number of benzene rings is 1. The summed E-state index contributed by atoms with van der Waals surface area (Å²) < 4.78 is 0. The number of nitrogens with one attached hydrogen (secondary N) is 2. The van der Waals surface area contributed by atoms with Crippen LogP contribution >= 0.6 is 0 Å². The van der Waals surface area contributed by atoms with Gasteiger partial charge in [0.25, 0.3) is 0 Å². The summed E-state index contributed by atoms with van der Waals surface area (Å²) in [6.45, 7) is 4.33. The van der Waals surface area contributed by atoms with E-state index < -0.39 is 5.41 Å². The maximum atomic E-state index is 12.2. The van der Waals surface area contributed by atoms with Crippen molar-refractivity contribution in [1.82, 2.24) is 5.32 Å². The standard InChI is InChI=1S/C19H27N3O2/c1-18-9-4-10-19(2,16(20)23)15(18)8-5-12-11-13(6-7-14(12)18)22-17(24)21-3/h6-7,11,15H,4-5,8-10H2,1-3H3,(H2,20,23)(H2,21,22,24). The lowest BCUT2D eigenvalue weighted by Gasteiger charge is -2.54. The molecule has 2 aliphatic rings. The number of carbonyl (C=O) groups is 2. The van der Waals surface area contributed by atoms with Gasteiger partial charge < -0.3 is 16.4 Å². The van der Waals surface area contributed by atoms with Gasteiger partial charge in [0.2, 0.25) is 5.91 Å². The zero-order valence-electron chi connectivity index (χ0n) is 14.7. The molecule has 3 unspecified atom stereocenters. The maximum Gasteiger partial charge on any atom is 0.318 e. The molecule has 1 aromatic rings. The van der Waals surface area contributed by atoms with Gasteiger partial charge in [-0.15, -0.1) is 0 Å². The van der Waals surface area contributed by atoms with Gasteiger partial charge in [-0.05, 0) is 60.3 Å². The molecule has 1 fully saturated rings. The molecular formula is C19H27N3O2. The van der Waals surface area contributed by atoms with Gasteiger partial charge in [-0.2, -0.15) is 0 Å². The minimum Gasteiger partial charge on any atom is -0.369 e. The van der Waals surface area contributed by atoms with Gasteiger partial charge in [-0.1, -0.05) is 26.3 Å². The van der Waals surface area contributed by atoms with E-state index in [9.17, 15) is 9.59 Å². The highest BCUT2D eigenvalue weighted by molar-refractivity contribution is 5.89. The average molecular weight is 329 g/mol. The summed E-state index contributed by atoms with van der Waals surface area (Å²) in [6, 6.07) is 5.94. The third-order valence-corrected chi connectivity index (χ3v) is 6.40. The van der Waals surface area contributed by atoms with Gasteiger partial charge in [0, 0.05) is 18.2 Å². The highest BCUT2D eigenvalue weighted by Gasteiger charge is 2.54. The molecule has 1 saturated carbocycles. The predicted octanol–water partition coefficient (Wildman–Crippen LogP) is 2.93. The van der Waals surface area contributed by atoms with E-state index in [4.69, 9.17) is 5.73 Å². The van der Waals surface area contributed by atoms with Crippen LogP contribution in [0, 0.1) is 11.3 Å². The fourth-order valence-electron chi connectivity index (χ4n) is 5.06. The lowest BCUT2D eigenvalue weighted by atomic mass is 9.49. The number of rotatable bonds is 2. The molecule has 0 spiro atoms. The van der Waals surface area contributed by atoms with E-state index in [1.165, 1.54) is 11.1 Å². The first-order valence-corrected chi connectivity index (χ1v) is 8.73. The summed E-state index contributed by atoms with van der Waals surface area (Å²) >= 11 is 0. The number of amides is 3. The van der Waals surface area contributed by atoms with Crippen LogP contribution in [0.4, 0.5) is 10.5 Å². The van der Waals surface area contributed by atoms with Crippen LogP contribution in [0.1, 0.15) is 50.7 Å². The number of fused-ring (bicyclic) bond motifs is 3. The highest BCUT2D eigenvalue weighted by Crippen LogP contribution is 2.57. The first-order valence-electron chi connectivity index (χ1n) is 8.73. The van der Waals surface area contributed by atoms with E-state index in [0.717, 1.165) is 37.8 Å². The Morgan fingerprint density at radius 3 is 2.67 bits per heavy atom. The molecule has 4 N–H and O–H groups in total. The summed E-state index contributed by atoms with van der Waals surface area (Å²) in [5.74, 6) is 0.112. The van der Waals surface area contributed by atoms with Crippen LogP contribution in [0.3, 0.4) is 0 Å². The maximum absolute atomic E-state index is 12.2. The Balaban J connectivity index is 1.98. The Kier molecular flexibility index (Phi) is 4.06. The number of aryl methyl sites for hydroxylation is 1. The van der Waals surface area contributed by atoms with Gasteiger partial charge in [0.1, 0.15) is 0 Å². The fourth-order valence-corrected chi connectivity index (χ4v) is 5.06. The molecule has 5 nitrogen and oxygen atoms in total. The SMILES string of the molecule is CNC(=O)Nc1ccc2c(c1)CCC1C(C)(C(N)=O)CCCC21C. The van der Waals surface area contributed by atoms with E-state index >= 15 is 0 Å². The van der Waals surface area contributed by atoms with Crippen LogP contribution in [-0.4, -0.2) is 19.0 Å². The molecule has 24 heavy (non-hydrogen) atoms. The molecule has 130 valence electrons. The zero-order chi connectivity index (χ0) is 17.5. The number of primary amides is 1. The zero-order valence-corrected chi connectivity index (χ0v) is 14.7. The number of urea groups is 1. The molecule has 0 aromatic heterocycles. The van der Waals surface area contributed by atoms with Gasteiger partial charge in [0.15, 0.2) is 0 Å². The minimum atomic E-state index is -0.427. The van der Waals surface area contributed by atoms with Crippen LogP contribution in [0.5, 0.6) is 0 Å².